The van der Waals surface area contributed by atoms with Crippen molar-refractivity contribution in [3.8, 4) is 0 Å². The molecule has 0 saturated carbocycles. The number of rotatable bonds is 59. The van der Waals surface area contributed by atoms with Crippen molar-refractivity contribution in [2.45, 2.75) is 341 Å². The zero-order valence-corrected chi connectivity index (χ0v) is 49.4. The average molecular weight is 1040 g/mol. The molecule has 0 spiro atoms. The van der Waals surface area contributed by atoms with E-state index in [0.717, 1.165) is 83.5 Å². The van der Waals surface area contributed by atoms with Crippen molar-refractivity contribution in [1.82, 2.24) is 0 Å². The van der Waals surface area contributed by atoms with E-state index in [1.54, 1.807) is 0 Å². The number of allylic oxidation sites excluding steroid dienone is 10. The first-order valence-corrected chi connectivity index (χ1v) is 32.3. The van der Waals surface area contributed by atoms with Gasteiger partial charge in [-0.15, -0.1) is 0 Å². The highest BCUT2D eigenvalue weighted by Gasteiger charge is 2.19. The Balaban J connectivity index is 4.06. The average Bonchev–Trinajstić information content (AvgIpc) is 3.40. The van der Waals surface area contributed by atoms with Crippen LogP contribution in [0.5, 0.6) is 0 Å². The summed E-state index contributed by atoms with van der Waals surface area (Å²) in [6.07, 6.45) is 79.8. The predicted octanol–water partition coefficient (Wildman–Crippen LogP) is 21.9. The number of ether oxygens (including phenoxy) is 3. The summed E-state index contributed by atoms with van der Waals surface area (Å²) in [6.45, 7) is 6.51. The standard InChI is InChI=1S/C68H122O6/c1-4-7-10-13-16-18-20-22-24-26-28-30-32-34-36-38-40-42-44-46-48-50-52-55-58-61-67(70)73-64-65(63-72-66(69)60-57-54-15-12-9-6-3)74-68(71)62-59-56-53-51-49-47-45-43-41-39-37-35-33-31-29-27-25-23-21-19-17-14-11-8-5-2/h7,10,16,18,22,24,27-30,65H,4-6,8-9,11-15,17,19-21,23,25-26,31-64H2,1-3H3/b10-7-,18-16-,24-22-,29-27-,30-28-. The molecule has 0 bridgehead atoms. The minimum Gasteiger partial charge on any atom is -0.462 e. The van der Waals surface area contributed by atoms with Gasteiger partial charge in [-0.2, -0.15) is 0 Å². The molecule has 0 aliphatic carbocycles. The topological polar surface area (TPSA) is 78.9 Å². The van der Waals surface area contributed by atoms with Crippen LogP contribution in [0, 0.1) is 0 Å². The minimum absolute atomic E-state index is 0.0720. The van der Waals surface area contributed by atoms with Gasteiger partial charge in [0.2, 0.25) is 0 Å². The monoisotopic (exact) mass is 1030 g/mol. The van der Waals surface area contributed by atoms with Crippen molar-refractivity contribution in [1.29, 1.82) is 0 Å². The van der Waals surface area contributed by atoms with Crippen molar-refractivity contribution >= 4 is 17.9 Å². The summed E-state index contributed by atoms with van der Waals surface area (Å²) in [4.78, 5) is 38.0. The fourth-order valence-corrected chi connectivity index (χ4v) is 9.43. The lowest BCUT2D eigenvalue weighted by Crippen LogP contribution is -2.30. The van der Waals surface area contributed by atoms with Gasteiger partial charge >= 0.3 is 17.9 Å². The third kappa shape index (κ3) is 60.0. The van der Waals surface area contributed by atoms with E-state index >= 15 is 0 Å². The molecule has 0 saturated heterocycles. The Morgan fingerprint density at radius 1 is 0.284 bits per heavy atom. The van der Waals surface area contributed by atoms with Gasteiger partial charge in [-0.3, -0.25) is 14.4 Å². The Morgan fingerprint density at radius 2 is 0.527 bits per heavy atom. The van der Waals surface area contributed by atoms with Crippen LogP contribution in [0.4, 0.5) is 0 Å². The van der Waals surface area contributed by atoms with E-state index in [9.17, 15) is 14.4 Å². The first-order chi connectivity index (χ1) is 36.5. The van der Waals surface area contributed by atoms with Crippen LogP contribution in [0.3, 0.4) is 0 Å². The van der Waals surface area contributed by atoms with Crippen LogP contribution in [0.15, 0.2) is 60.8 Å². The van der Waals surface area contributed by atoms with Gasteiger partial charge in [0.05, 0.1) is 0 Å². The summed E-state index contributed by atoms with van der Waals surface area (Å²) in [7, 11) is 0. The zero-order chi connectivity index (χ0) is 53.6. The molecule has 0 aromatic carbocycles. The SMILES string of the molecule is CC/C=C\C/C=C\C/C=C\C/C=C\CCCCCCCCCCCCCCC(=O)OCC(COC(=O)CCCCCCCC)OC(=O)CCCCCCCCCCCCCCC/C=C\CCCCCCCCCC. The van der Waals surface area contributed by atoms with Crippen LogP contribution < -0.4 is 0 Å². The molecular weight excluding hydrogens is 913 g/mol. The summed E-state index contributed by atoms with van der Waals surface area (Å²) in [5.41, 5.74) is 0. The second kappa shape index (κ2) is 62.6. The van der Waals surface area contributed by atoms with Crippen LogP contribution in [0.2, 0.25) is 0 Å². The number of carbonyl (C=O) groups is 3. The highest BCUT2D eigenvalue weighted by Crippen LogP contribution is 2.17. The lowest BCUT2D eigenvalue weighted by molar-refractivity contribution is -0.167. The molecule has 6 nitrogen and oxygen atoms in total. The summed E-state index contributed by atoms with van der Waals surface area (Å²) >= 11 is 0. The molecule has 0 aromatic rings. The molecule has 1 unspecified atom stereocenters. The molecule has 0 amide bonds. The second-order valence-corrected chi connectivity index (χ2v) is 21.6. The maximum atomic E-state index is 12.9. The van der Waals surface area contributed by atoms with Gasteiger partial charge in [-0.1, -0.05) is 293 Å². The third-order valence-corrected chi connectivity index (χ3v) is 14.3. The van der Waals surface area contributed by atoms with E-state index in [4.69, 9.17) is 14.2 Å². The predicted molar refractivity (Wildman–Crippen MR) is 321 cm³/mol. The largest absolute Gasteiger partial charge is 0.462 e. The van der Waals surface area contributed by atoms with Gasteiger partial charge in [-0.05, 0) is 83.5 Å². The first kappa shape index (κ1) is 71.1. The summed E-state index contributed by atoms with van der Waals surface area (Å²) in [5.74, 6) is -0.867. The summed E-state index contributed by atoms with van der Waals surface area (Å²) in [5, 5.41) is 0. The smallest absolute Gasteiger partial charge is 0.306 e. The molecule has 0 N–H and O–H groups in total. The number of unbranched alkanes of at least 4 members (excludes halogenated alkanes) is 38. The van der Waals surface area contributed by atoms with E-state index < -0.39 is 6.10 Å². The fraction of sp³-hybridized carbons (Fsp3) is 0.809. The second-order valence-electron chi connectivity index (χ2n) is 21.6. The van der Waals surface area contributed by atoms with Crippen LogP contribution in [-0.2, 0) is 28.6 Å². The molecular formula is C68H122O6. The van der Waals surface area contributed by atoms with Crippen molar-refractivity contribution < 1.29 is 28.6 Å². The molecule has 0 radical (unpaired) electrons. The van der Waals surface area contributed by atoms with E-state index in [1.807, 2.05) is 0 Å². The Labute approximate surface area is 460 Å². The van der Waals surface area contributed by atoms with Crippen molar-refractivity contribution in [3.05, 3.63) is 60.8 Å². The molecule has 1 atom stereocenters. The Morgan fingerprint density at radius 3 is 0.838 bits per heavy atom. The van der Waals surface area contributed by atoms with Gasteiger partial charge < -0.3 is 14.2 Å². The van der Waals surface area contributed by atoms with Crippen LogP contribution >= 0.6 is 0 Å². The highest BCUT2D eigenvalue weighted by atomic mass is 16.6. The summed E-state index contributed by atoms with van der Waals surface area (Å²) < 4.78 is 16.8. The number of carbonyl (C=O) groups excluding carboxylic acids is 3. The maximum absolute atomic E-state index is 12.9. The Hall–Kier alpha value is -2.89. The molecule has 0 rings (SSSR count). The highest BCUT2D eigenvalue weighted by molar-refractivity contribution is 5.71. The van der Waals surface area contributed by atoms with E-state index in [1.165, 1.54) is 212 Å². The van der Waals surface area contributed by atoms with Gasteiger partial charge in [0, 0.05) is 19.3 Å². The number of esters is 3. The van der Waals surface area contributed by atoms with Gasteiger partial charge in [0.1, 0.15) is 13.2 Å². The molecule has 0 heterocycles. The maximum Gasteiger partial charge on any atom is 0.306 e. The molecule has 0 aliphatic rings. The lowest BCUT2D eigenvalue weighted by atomic mass is 10.0. The van der Waals surface area contributed by atoms with Crippen LogP contribution in [0.25, 0.3) is 0 Å². The lowest BCUT2D eigenvalue weighted by Gasteiger charge is -2.18. The molecule has 0 aromatic heterocycles. The molecule has 0 aliphatic heterocycles. The fourth-order valence-electron chi connectivity index (χ4n) is 9.43. The van der Waals surface area contributed by atoms with Crippen molar-refractivity contribution in [2.24, 2.45) is 0 Å². The Kier molecular flexibility index (Phi) is 60.2. The minimum atomic E-state index is -0.771. The number of hydrogen-bond donors (Lipinski definition) is 0. The van der Waals surface area contributed by atoms with Crippen LogP contribution in [-0.4, -0.2) is 37.2 Å². The molecule has 6 heteroatoms. The normalized spacial score (nSPS) is 12.4. The van der Waals surface area contributed by atoms with E-state index in [2.05, 4.69) is 81.5 Å². The van der Waals surface area contributed by atoms with Gasteiger partial charge in [-0.25, -0.2) is 0 Å². The quantitative estimate of drug-likeness (QED) is 0.0261. The molecule has 430 valence electrons. The van der Waals surface area contributed by atoms with Crippen molar-refractivity contribution in [3.63, 3.8) is 0 Å². The van der Waals surface area contributed by atoms with E-state index in [0.29, 0.717) is 19.3 Å². The van der Waals surface area contributed by atoms with E-state index in [-0.39, 0.29) is 31.1 Å². The molecule has 74 heavy (non-hydrogen) atoms. The zero-order valence-electron chi connectivity index (χ0n) is 49.4. The van der Waals surface area contributed by atoms with Crippen molar-refractivity contribution in [2.75, 3.05) is 13.2 Å². The summed E-state index contributed by atoms with van der Waals surface area (Å²) in [6, 6.07) is 0. The van der Waals surface area contributed by atoms with Gasteiger partial charge in [0.15, 0.2) is 6.10 Å². The molecule has 0 fully saturated rings. The number of hydrogen-bond acceptors (Lipinski definition) is 6. The van der Waals surface area contributed by atoms with Gasteiger partial charge in [0.25, 0.3) is 0 Å². The third-order valence-electron chi connectivity index (χ3n) is 14.3. The van der Waals surface area contributed by atoms with Crippen LogP contribution in [0.1, 0.15) is 335 Å². The Bertz CT molecular complexity index is 1330. The first-order valence-electron chi connectivity index (χ1n) is 32.3.